The van der Waals surface area contributed by atoms with Gasteiger partial charge in [0, 0.05) is 24.6 Å². The fourth-order valence-electron chi connectivity index (χ4n) is 2.60. The standard InChI is InChI=1S/C20H28N2O/c1-15(17-3-7-19(21)8-4-17)11-13-23-14-12-16(2)18-5-9-20(22)10-6-18/h3-10,15-16H,11-14,21-22H2,1-2H3. The van der Waals surface area contributed by atoms with Gasteiger partial charge in [0.1, 0.15) is 0 Å². The molecule has 0 bridgehead atoms. The van der Waals surface area contributed by atoms with Gasteiger partial charge in [-0.05, 0) is 60.1 Å². The molecule has 2 rings (SSSR count). The van der Waals surface area contributed by atoms with Crippen LogP contribution in [0.5, 0.6) is 0 Å². The van der Waals surface area contributed by atoms with E-state index in [2.05, 4.69) is 38.1 Å². The number of hydrogen-bond acceptors (Lipinski definition) is 3. The van der Waals surface area contributed by atoms with Gasteiger partial charge >= 0.3 is 0 Å². The third-order valence-electron chi connectivity index (χ3n) is 4.40. The Hall–Kier alpha value is -2.00. The van der Waals surface area contributed by atoms with Crippen molar-refractivity contribution in [1.82, 2.24) is 0 Å². The van der Waals surface area contributed by atoms with E-state index in [1.165, 1.54) is 11.1 Å². The molecule has 0 aliphatic carbocycles. The SMILES string of the molecule is CC(CCOCCC(C)c1ccc(N)cc1)c1ccc(N)cc1. The minimum atomic E-state index is 0.491. The molecular weight excluding hydrogens is 284 g/mol. The van der Waals surface area contributed by atoms with E-state index in [1.54, 1.807) is 0 Å². The second-order valence-corrected chi connectivity index (χ2v) is 6.33. The third kappa shape index (κ3) is 5.61. The van der Waals surface area contributed by atoms with Crippen LogP contribution in [-0.4, -0.2) is 13.2 Å². The molecule has 3 heteroatoms. The number of nitrogens with two attached hydrogens (primary N) is 2. The molecule has 0 amide bonds. The van der Waals surface area contributed by atoms with Crippen LogP contribution in [0.2, 0.25) is 0 Å². The summed E-state index contributed by atoms with van der Waals surface area (Å²) in [6.45, 7) is 6.04. The van der Waals surface area contributed by atoms with Crippen LogP contribution in [0, 0.1) is 0 Å². The second kappa shape index (κ2) is 8.59. The highest BCUT2D eigenvalue weighted by atomic mass is 16.5. The van der Waals surface area contributed by atoms with Crippen LogP contribution in [0.25, 0.3) is 0 Å². The van der Waals surface area contributed by atoms with Crippen LogP contribution < -0.4 is 11.5 Å². The predicted octanol–water partition coefficient (Wildman–Crippen LogP) is 4.56. The number of benzene rings is 2. The number of hydrogen-bond donors (Lipinski definition) is 2. The van der Waals surface area contributed by atoms with E-state index in [4.69, 9.17) is 16.2 Å². The van der Waals surface area contributed by atoms with Crippen molar-refractivity contribution in [3.8, 4) is 0 Å². The molecule has 0 aliphatic heterocycles. The number of rotatable bonds is 8. The van der Waals surface area contributed by atoms with Gasteiger partial charge in [-0.25, -0.2) is 0 Å². The minimum Gasteiger partial charge on any atom is -0.399 e. The minimum absolute atomic E-state index is 0.491. The summed E-state index contributed by atoms with van der Waals surface area (Å²) in [4.78, 5) is 0. The third-order valence-corrected chi connectivity index (χ3v) is 4.40. The number of nitrogen functional groups attached to an aromatic ring is 2. The Morgan fingerprint density at radius 1 is 0.696 bits per heavy atom. The van der Waals surface area contributed by atoms with Crippen molar-refractivity contribution < 1.29 is 4.74 Å². The predicted molar refractivity (Wildman–Crippen MR) is 98.6 cm³/mol. The van der Waals surface area contributed by atoms with E-state index in [0.29, 0.717) is 11.8 Å². The Labute approximate surface area is 139 Å². The first kappa shape index (κ1) is 17.4. The van der Waals surface area contributed by atoms with Gasteiger partial charge in [0.25, 0.3) is 0 Å². The summed E-state index contributed by atoms with van der Waals surface area (Å²) in [5.74, 6) is 0.982. The lowest BCUT2D eigenvalue weighted by Gasteiger charge is -2.14. The van der Waals surface area contributed by atoms with Crippen molar-refractivity contribution in [1.29, 1.82) is 0 Å². The van der Waals surface area contributed by atoms with Gasteiger partial charge in [-0.3, -0.25) is 0 Å². The summed E-state index contributed by atoms with van der Waals surface area (Å²) < 4.78 is 5.82. The summed E-state index contributed by atoms with van der Waals surface area (Å²) in [5.41, 5.74) is 15.7. The van der Waals surface area contributed by atoms with E-state index in [0.717, 1.165) is 37.4 Å². The zero-order chi connectivity index (χ0) is 16.7. The molecule has 2 unspecified atom stereocenters. The summed E-state index contributed by atoms with van der Waals surface area (Å²) in [7, 11) is 0. The van der Waals surface area contributed by atoms with Crippen LogP contribution in [-0.2, 0) is 4.74 Å². The normalized spacial score (nSPS) is 13.7. The molecule has 0 heterocycles. The first-order valence-electron chi connectivity index (χ1n) is 8.35. The van der Waals surface area contributed by atoms with Gasteiger partial charge < -0.3 is 16.2 Å². The van der Waals surface area contributed by atoms with Crippen LogP contribution in [0.1, 0.15) is 49.7 Å². The van der Waals surface area contributed by atoms with Gasteiger partial charge in [-0.2, -0.15) is 0 Å². The second-order valence-electron chi connectivity index (χ2n) is 6.33. The van der Waals surface area contributed by atoms with Gasteiger partial charge in [-0.15, -0.1) is 0 Å². The van der Waals surface area contributed by atoms with E-state index in [1.807, 2.05) is 24.3 Å². The highest BCUT2D eigenvalue weighted by Crippen LogP contribution is 2.22. The van der Waals surface area contributed by atoms with Gasteiger partial charge in [-0.1, -0.05) is 38.1 Å². The van der Waals surface area contributed by atoms with Crippen molar-refractivity contribution in [2.24, 2.45) is 0 Å². The fourth-order valence-corrected chi connectivity index (χ4v) is 2.60. The molecule has 124 valence electrons. The molecule has 0 fully saturated rings. The zero-order valence-corrected chi connectivity index (χ0v) is 14.2. The molecule has 2 aromatic rings. The van der Waals surface area contributed by atoms with Gasteiger partial charge in [0.2, 0.25) is 0 Å². The Balaban J connectivity index is 1.65. The van der Waals surface area contributed by atoms with Crippen molar-refractivity contribution in [3.63, 3.8) is 0 Å². The molecule has 23 heavy (non-hydrogen) atoms. The van der Waals surface area contributed by atoms with Crippen LogP contribution in [0.3, 0.4) is 0 Å². The molecule has 0 saturated carbocycles. The Kier molecular flexibility index (Phi) is 6.48. The molecule has 2 atom stereocenters. The molecule has 0 aliphatic rings. The van der Waals surface area contributed by atoms with E-state index in [9.17, 15) is 0 Å². The maximum Gasteiger partial charge on any atom is 0.0471 e. The maximum absolute atomic E-state index is 5.82. The fraction of sp³-hybridized carbons (Fsp3) is 0.400. The molecule has 3 nitrogen and oxygen atoms in total. The summed E-state index contributed by atoms with van der Waals surface area (Å²) >= 11 is 0. The van der Waals surface area contributed by atoms with E-state index >= 15 is 0 Å². The molecule has 0 radical (unpaired) electrons. The first-order valence-corrected chi connectivity index (χ1v) is 8.35. The van der Waals surface area contributed by atoms with Crippen molar-refractivity contribution >= 4 is 11.4 Å². The summed E-state index contributed by atoms with van der Waals surface area (Å²) in [5, 5.41) is 0. The van der Waals surface area contributed by atoms with Crippen LogP contribution >= 0.6 is 0 Å². The average Bonchev–Trinajstić information content (AvgIpc) is 2.55. The highest BCUT2D eigenvalue weighted by Gasteiger charge is 2.07. The monoisotopic (exact) mass is 312 g/mol. The van der Waals surface area contributed by atoms with Gasteiger partial charge in [0.05, 0.1) is 0 Å². The molecular formula is C20H28N2O. The Morgan fingerprint density at radius 3 is 1.39 bits per heavy atom. The van der Waals surface area contributed by atoms with E-state index < -0.39 is 0 Å². The molecule has 2 aromatic carbocycles. The maximum atomic E-state index is 5.82. The lowest BCUT2D eigenvalue weighted by atomic mass is 9.97. The number of ether oxygens (including phenoxy) is 1. The van der Waals surface area contributed by atoms with Crippen LogP contribution in [0.4, 0.5) is 11.4 Å². The largest absolute Gasteiger partial charge is 0.399 e. The van der Waals surface area contributed by atoms with Crippen molar-refractivity contribution in [3.05, 3.63) is 59.7 Å². The highest BCUT2D eigenvalue weighted by molar-refractivity contribution is 5.40. The quantitative estimate of drug-likeness (QED) is 0.555. The Bertz CT molecular complexity index is 524. The average molecular weight is 312 g/mol. The van der Waals surface area contributed by atoms with Crippen LogP contribution in [0.15, 0.2) is 48.5 Å². The Morgan fingerprint density at radius 2 is 1.04 bits per heavy atom. The summed E-state index contributed by atoms with van der Waals surface area (Å²) in [6, 6.07) is 16.2. The topological polar surface area (TPSA) is 61.3 Å². The molecule has 0 aromatic heterocycles. The van der Waals surface area contributed by atoms with Crippen molar-refractivity contribution in [2.45, 2.75) is 38.5 Å². The van der Waals surface area contributed by atoms with Gasteiger partial charge in [0.15, 0.2) is 0 Å². The van der Waals surface area contributed by atoms with Crippen molar-refractivity contribution in [2.75, 3.05) is 24.7 Å². The molecule has 0 saturated heterocycles. The first-order chi connectivity index (χ1) is 11.1. The zero-order valence-electron chi connectivity index (χ0n) is 14.2. The molecule has 0 spiro atoms. The lowest BCUT2D eigenvalue weighted by molar-refractivity contribution is 0.122. The smallest absolute Gasteiger partial charge is 0.0471 e. The molecule has 4 N–H and O–H groups in total. The summed E-state index contributed by atoms with van der Waals surface area (Å²) in [6.07, 6.45) is 2.06. The lowest BCUT2D eigenvalue weighted by Crippen LogP contribution is -2.05. The number of anilines is 2. The van der Waals surface area contributed by atoms with E-state index in [-0.39, 0.29) is 0 Å².